The van der Waals surface area contributed by atoms with Crippen molar-refractivity contribution in [3.63, 3.8) is 0 Å². The third-order valence-corrected chi connectivity index (χ3v) is 1.29. The topological polar surface area (TPSA) is 63.8 Å². The highest BCUT2D eigenvalue weighted by atomic mass is 16.5. The lowest BCUT2D eigenvalue weighted by molar-refractivity contribution is 0.153. The van der Waals surface area contributed by atoms with E-state index < -0.39 is 6.09 Å². The van der Waals surface area contributed by atoms with Crippen molar-refractivity contribution in [2.45, 2.75) is 6.92 Å². The van der Waals surface area contributed by atoms with Crippen LogP contribution in [-0.4, -0.2) is 22.6 Å². The SMILES string of the molecule is CCOC(=O)N=c1ccccn1O. The minimum atomic E-state index is -0.712. The summed E-state index contributed by atoms with van der Waals surface area (Å²) >= 11 is 0. The van der Waals surface area contributed by atoms with Crippen molar-refractivity contribution >= 4 is 6.09 Å². The first-order valence-electron chi connectivity index (χ1n) is 3.82. The maximum absolute atomic E-state index is 10.9. The molecule has 0 atom stereocenters. The summed E-state index contributed by atoms with van der Waals surface area (Å²) in [5, 5.41) is 9.14. The Morgan fingerprint density at radius 3 is 3.08 bits per heavy atom. The van der Waals surface area contributed by atoms with Gasteiger partial charge in [-0.2, -0.15) is 9.72 Å². The second kappa shape index (κ2) is 4.30. The predicted molar refractivity (Wildman–Crippen MR) is 44.2 cm³/mol. The molecule has 0 saturated heterocycles. The second-order valence-corrected chi connectivity index (χ2v) is 2.21. The van der Waals surface area contributed by atoms with Crippen LogP contribution in [0.5, 0.6) is 0 Å². The molecule has 1 rings (SSSR count). The van der Waals surface area contributed by atoms with Gasteiger partial charge in [0.25, 0.3) is 0 Å². The number of carbonyl (C=O) groups is 1. The van der Waals surface area contributed by atoms with E-state index in [0.717, 1.165) is 4.73 Å². The molecule has 13 heavy (non-hydrogen) atoms. The summed E-state index contributed by atoms with van der Waals surface area (Å²) in [5.74, 6) is 0. The Hall–Kier alpha value is -1.78. The minimum absolute atomic E-state index is 0.140. The molecule has 0 bridgehead atoms. The van der Waals surface area contributed by atoms with Crippen LogP contribution in [-0.2, 0) is 4.74 Å². The number of rotatable bonds is 1. The standard InChI is InChI=1S/C8H10N2O3/c1-2-13-8(11)9-7-5-3-4-6-10(7)12/h3-6,12H,2H2,1H3. The Morgan fingerprint density at radius 1 is 1.69 bits per heavy atom. The van der Waals surface area contributed by atoms with Gasteiger partial charge in [-0.1, -0.05) is 6.07 Å². The summed E-state index contributed by atoms with van der Waals surface area (Å²) in [4.78, 5) is 14.4. The number of pyridine rings is 1. The van der Waals surface area contributed by atoms with Gasteiger partial charge in [-0.05, 0) is 19.1 Å². The maximum Gasteiger partial charge on any atom is 0.435 e. The van der Waals surface area contributed by atoms with Gasteiger partial charge in [-0.15, -0.1) is 0 Å². The van der Waals surface area contributed by atoms with Gasteiger partial charge in [-0.3, -0.25) is 0 Å². The molecule has 0 aliphatic carbocycles. The van der Waals surface area contributed by atoms with Crippen molar-refractivity contribution in [2.75, 3.05) is 6.61 Å². The predicted octanol–water partition coefficient (Wildman–Crippen LogP) is 0.783. The fraction of sp³-hybridized carbons (Fsp3) is 0.250. The molecule has 0 fully saturated rings. The normalized spacial score (nSPS) is 11.3. The first kappa shape index (κ1) is 9.31. The Kier molecular flexibility index (Phi) is 3.08. The minimum Gasteiger partial charge on any atom is -0.448 e. The van der Waals surface area contributed by atoms with E-state index in [4.69, 9.17) is 5.21 Å². The van der Waals surface area contributed by atoms with E-state index in [9.17, 15) is 4.79 Å². The zero-order valence-corrected chi connectivity index (χ0v) is 7.17. The van der Waals surface area contributed by atoms with Crippen LogP contribution in [0.1, 0.15) is 6.92 Å². The number of nitrogens with zero attached hydrogens (tertiary/aromatic N) is 2. The molecule has 5 heteroatoms. The molecule has 0 saturated carbocycles. The largest absolute Gasteiger partial charge is 0.448 e. The first-order valence-corrected chi connectivity index (χ1v) is 3.82. The summed E-state index contributed by atoms with van der Waals surface area (Å²) in [6.07, 6.45) is 0.662. The zero-order chi connectivity index (χ0) is 9.68. The highest BCUT2D eigenvalue weighted by Crippen LogP contribution is 1.82. The van der Waals surface area contributed by atoms with Gasteiger partial charge in [0.2, 0.25) is 0 Å². The van der Waals surface area contributed by atoms with Gasteiger partial charge in [0.15, 0.2) is 5.49 Å². The number of carbonyl (C=O) groups excluding carboxylic acids is 1. The molecule has 1 aromatic rings. The van der Waals surface area contributed by atoms with Crippen LogP contribution >= 0.6 is 0 Å². The number of hydrogen-bond acceptors (Lipinski definition) is 3. The van der Waals surface area contributed by atoms with Crippen molar-refractivity contribution < 1.29 is 14.7 Å². The van der Waals surface area contributed by atoms with Gasteiger partial charge < -0.3 is 9.94 Å². The van der Waals surface area contributed by atoms with E-state index in [1.54, 1.807) is 19.1 Å². The Bertz CT molecular complexity index is 356. The van der Waals surface area contributed by atoms with Crippen molar-refractivity contribution in [3.05, 3.63) is 29.9 Å². The third kappa shape index (κ3) is 2.62. The van der Waals surface area contributed by atoms with Gasteiger partial charge in [0.05, 0.1) is 6.61 Å². The fourth-order valence-electron chi connectivity index (χ4n) is 0.763. The van der Waals surface area contributed by atoms with E-state index in [1.165, 1.54) is 12.3 Å². The lowest BCUT2D eigenvalue weighted by Gasteiger charge is -1.96. The van der Waals surface area contributed by atoms with Crippen molar-refractivity contribution in [3.8, 4) is 0 Å². The van der Waals surface area contributed by atoms with Crippen molar-refractivity contribution in [1.82, 2.24) is 4.73 Å². The molecule has 1 aromatic heterocycles. The molecular weight excluding hydrogens is 172 g/mol. The Balaban J connectivity index is 2.94. The number of hydrogen-bond donors (Lipinski definition) is 1. The molecule has 1 heterocycles. The Morgan fingerprint density at radius 2 is 2.46 bits per heavy atom. The molecule has 1 amide bonds. The van der Waals surface area contributed by atoms with Crippen LogP contribution in [0.3, 0.4) is 0 Å². The summed E-state index contributed by atoms with van der Waals surface area (Å²) in [6.45, 7) is 1.95. The quantitative estimate of drug-likeness (QED) is 0.653. The van der Waals surface area contributed by atoms with E-state index in [-0.39, 0.29) is 12.1 Å². The van der Waals surface area contributed by atoms with Crippen LogP contribution in [0.15, 0.2) is 29.4 Å². The maximum atomic E-state index is 10.9. The summed E-state index contributed by atoms with van der Waals surface area (Å²) in [7, 11) is 0. The first-order chi connectivity index (χ1) is 6.24. The molecule has 0 radical (unpaired) electrons. The number of amides is 1. The highest BCUT2D eigenvalue weighted by Gasteiger charge is 1.96. The van der Waals surface area contributed by atoms with E-state index in [0.29, 0.717) is 0 Å². The molecule has 5 nitrogen and oxygen atoms in total. The molecule has 0 spiro atoms. The van der Waals surface area contributed by atoms with Crippen LogP contribution in [0.4, 0.5) is 4.79 Å². The monoisotopic (exact) mass is 182 g/mol. The van der Waals surface area contributed by atoms with Crippen LogP contribution in [0, 0.1) is 0 Å². The average molecular weight is 182 g/mol. The summed E-state index contributed by atoms with van der Waals surface area (Å²) < 4.78 is 5.32. The second-order valence-electron chi connectivity index (χ2n) is 2.21. The van der Waals surface area contributed by atoms with Crippen LogP contribution < -0.4 is 5.49 Å². The molecule has 70 valence electrons. The molecular formula is C8H10N2O3. The third-order valence-electron chi connectivity index (χ3n) is 1.29. The Labute approximate surface area is 74.9 Å². The highest BCUT2D eigenvalue weighted by molar-refractivity contribution is 5.68. The average Bonchev–Trinajstić information content (AvgIpc) is 2.09. The fourth-order valence-corrected chi connectivity index (χ4v) is 0.763. The van der Waals surface area contributed by atoms with Gasteiger partial charge in [0, 0.05) is 6.20 Å². The molecule has 1 N–H and O–H groups in total. The lowest BCUT2D eigenvalue weighted by atomic mass is 10.5. The number of ether oxygens (including phenoxy) is 1. The summed E-state index contributed by atoms with van der Waals surface area (Å²) in [5.41, 5.74) is 0.140. The van der Waals surface area contributed by atoms with Crippen molar-refractivity contribution in [2.24, 2.45) is 4.99 Å². The van der Waals surface area contributed by atoms with Gasteiger partial charge in [-0.25, -0.2) is 4.79 Å². The molecule has 0 aromatic carbocycles. The van der Waals surface area contributed by atoms with Crippen molar-refractivity contribution in [1.29, 1.82) is 0 Å². The zero-order valence-electron chi connectivity index (χ0n) is 7.17. The molecule has 0 aliphatic rings. The van der Waals surface area contributed by atoms with Crippen LogP contribution in [0.2, 0.25) is 0 Å². The van der Waals surface area contributed by atoms with E-state index >= 15 is 0 Å². The van der Waals surface area contributed by atoms with Crippen LogP contribution in [0.25, 0.3) is 0 Å². The summed E-state index contributed by atoms with van der Waals surface area (Å²) in [6, 6.07) is 4.77. The molecule has 0 aliphatic heterocycles. The van der Waals surface area contributed by atoms with Gasteiger partial charge >= 0.3 is 6.09 Å². The van der Waals surface area contributed by atoms with E-state index in [1.807, 2.05) is 0 Å². The lowest BCUT2D eigenvalue weighted by Crippen LogP contribution is -2.19. The van der Waals surface area contributed by atoms with E-state index in [2.05, 4.69) is 9.73 Å². The van der Waals surface area contributed by atoms with Gasteiger partial charge in [0.1, 0.15) is 0 Å². The smallest absolute Gasteiger partial charge is 0.435 e. The molecule has 0 unspecified atom stereocenters. The number of aromatic nitrogens is 1.